The van der Waals surface area contributed by atoms with Crippen molar-refractivity contribution >= 4 is 0 Å². The molecule has 5 nitrogen and oxygen atoms in total. The van der Waals surface area contributed by atoms with Gasteiger partial charge in [0.1, 0.15) is 0 Å². The zero-order chi connectivity index (χ0) is 13.1. The Kier molecular flexibility index (Phi) is 8.50. The summed E-state index contributed by atoms with van der Waals surface area (Å²) in [6, 6.07) is 3.65. The van der Waals surface area contributed by atoms with Gasteiger partial charge in [0.05, 0.1) is 0 Å². The van der Waals surface area contributed by atoms with Gasteiger partial charge in [0, 0.05) is 18.0 Å². The summed E-state index contributed by atoms with van der Waals surface area (Å²) in [5.74, 6) is 1.18. The van der Waals surface area contributed by atoms with Crippen LogP contribution in [0.1, 0.15) is 19.7 Å². The van der Waals surface area contributed by atoms with Gasteiger partial charge < -0.3 is 9.84 Å². The summed E-state index contributed by atoms with van der Waals surface area (Å²) in [6.07, 6.45) is 3.38. The van der Waals surface area contributed by atoms with E-state index in [1.807, 2.05) is 40.1 Å². The lowest BCUT2D eigenvalue weighted by molar-refractivity contribution is 0.425. The first-order valence-corrected chi connectivity index (χ1v) is 5.57. The van der Waals surface area contributed by atoms with Gasteiger partial charge in [-0.2, -0.15) is 4.98 Å². The molecule has 0 spiro atoms. The largest absolute Gasteiger partial charge is 0.334 e. The van der Waals surface area contributed by atoms with Crippen LogP contribution in [0.3, 0.4) is 0 Å². The van der Waals surface area contributed by atoms with Gasteiger partial charge in [-0.15, -0.1) is 0 Å². The first-order chi connectivity index (χ1) is 8.27. The lowest BCUT2D eigenvalue weighted by Crippen LogP contribution is -1.89. The Morgan fingerprint density at radius 3 is 2.06 bits per heavy atom. The maximum absolute atomic E-state index is 4.96. The molecule has 17 heavy (non-hydrogen) atoms. The molecule has 1 N–H and O–H groups in total. The first kappa shape index (κ1) is 15.2. The molecular weight excluding hydrogens is 216 g/mol. The molecule has 0 radical (unpaired) electrons. The van der Waals surface area contributed by atoms with Crippen LogP contribution in [0.2, 0.25) is 0 Å². The van der Waals surface area contributed by atoms with E-state index >= 15 is 0 Å². The van der Waals surface area contributed by atoms with E-state index in [2.05, 4.69) is 20.4 Å². The number of nitrogens with one attached hydrogen (secondary N) is 1. The van der Waals surface area contributed by atoms with Gasteiger partial charge in [0.2, 0.25) is 0 Å². The molecule has 0 atom stereocenters. The van der Waals surface area contributed by atoms with E-state index in [0.29, 0.717) is 11.7 Å². The van der Waals surface area contributed by atoms with E-state index in [0.717, 1.165) is 5.56 Å². The highest BCUT2D eigenvalue weighted by Crippen LogP contribution is 2.14. The molecule has 0 bridgehead atoms. The average molecular weight is 236 g/mol. The lowest BCUT2D eigenvalue weighted by Gasteiger charge is -1.89. The molecule has 2 rings (SSSR count). The highest BCUT2D eigenvalue weighted by atomic mass is 16.5. The molecule has 0 saturated heterocycles. The van der Waals surface area contributed by atoms with Crippen LogP contribution < -0.4 is 5.32 Å². The van der Waals surface area contributed by atoms with Crippen molar-refractivity contribution in [2.45, 2.75) is 20.8 Å². The number of aromatic nitrogens is 3. The monoisotopic (exact) mass is 236 g/mol. The zero-order valence-electron chi connectivity index (χ0n) is 11.1. The van der Waals surface area contributed by atoms with Crippen molar-refractivity contribution in [2.75, 3.05) is 14.1 Å². The third-order valence-corrected chi connectivity index (χ3v) is 1.45. The molecule has 0 fully saturated rings. The van der Waals surface area contributed by atoms with Gasteiger partial charge in [-0.3, -0.25) is 4.98 Å². The minimum absolute atomic E-state index is 0.537. The Hall–Kier alpha value is -1.75. The maximum Gasteiger partial charge on any atom is 0.258 e. The van der Waals surface area contributed by atoms with E-state index in [1.165, 1.54) is 0 Å². The van der Waals surface area contributed by atoms with E-state index in [4.69, 9.17) is 4.52 Å². The molecule has 94 valence electrons. The highest BCUT2D eigenvalue weighted by molar-refractivity contribution is 5.50. The fourth-order valence-electron chi connectivity index (χ4n) is 0.909. The quantitative estimate of drug-likeness (QED) is 0.823. The lowest BCUT2D eigenvalue weighted by atomic mass is 10.3. The van der Waals surface area contributed by atoms with Crippen LogP contribution in [0.5, 0.6) is 0 Å². The number of rotatable bonds is 1. The molecule has 0 saturated carbocycles. The van der Waals surface area contributed by atoms with Crippen molar-refractivity contribution in [3.05, 3.63) is 30.4 Å². The minimum Gasteiger partial charge on any atom is -0.334 e. The Bertz CT molecular complexity index is 386. The number of pyridine rings is 1. The second-order valence-corrected chi connectivity index (χ2v) is 2.88. The molecule has 0 aliphatic carbocycles. The molecule has 2 aromatic heterocycles. The maximum atomic E-state index is 4.96. The second-order valence-electron chi connectivity index (χ2n) is 2.88. The molecule has 2 aromatic rings. The van der Waals surface area contributed by atoms with Gasteiger partial charge in [0.15, 0.2) is 5.82 Å². The summed E-state index contributed by atoms with van der Waals surface area (Å²) < 4.78 is 4.96. The Labute approximate surface area is 102 Å². The molecule has 5 heteroatoms. The molecular formula is C12H20N4O. The Morgan fingerprint density at radius 2 is 1.65 bits per heavy atom. The molecule has 0 unspecified atom stereocenters. The number of aryl methyl sites for hydroxylation is 1. The topological polar surface area (TPSA) is 63.8 Å². The SMILES string of the molecule is CC.CNC.Cc1noc(-c2ccncc2)n1. The molecule has 2 heterocycles. The van der Waals surface area contributed by atoms with Gasteiger partial charge in [0.25, 0.3) is 5.89 Å². The van der Waals surface area contributed by atoms with Crippen LogP contribution >= 0.6 is 0 Å². The fourth-order valence-corrected chi connectivity index (χ4v) is 0.909. The minimum atomic E-state index is 0.537. The predicted molar refractivity (Wildman–Crippen MR) is 68.6 cm³/mol. The van der Waals surface area contributed by atoms with Crippen LogP contribution in [-0.4, -0.2) is 29.2 Å². The summed E-state index contributed by atoms with van der Waals surface area (Å²) in [5, 5.41) is 6.44. The van der Waals surface area contributed by atoms with E-state index in [9.17, 15) is 0 Å². The average Bonchev–Trinajstić information content (AvgIpc) is 2.81. The van der Waals surface area contributed by atoms with Crippen molar-refractivity contribution in [1.82, 2.24) is 20.4 Å². The first-order valence-electron chi connectivity index (χ1n) is 5.57. The third kappa shape index (κ3) is 5.77. The molecule has 0 amide bonds. The smallest absolute Gasteiger partial charge is 0.258 e. The number of hydrogen-bond acceptors (Lipinski definition) is 5. The Balaban J connectivity index is 0.000000450. The summed E-state index contributed by atoms with van der Waals surface area (Å²) in [4.78, 5) is 7.96. The zero-order valence-corrected chi connectivity index (χ0v) is 11.1. The normalized spacial score (nSPS) is 8.53. The number of nitrogens with zero attached hydrogens (tertiary/aromatic N) is 3. The van der Waals surface area contributed by atoms with Crippen LogP contribution in [0.15, 0.2) is 29.0 Å². The highest BCUT2D eigenvalue weighted by Gasteiger charge is 2.03. The van der Waals surface area contributed by atoms with Crippen LogP contribution in [0.4, 0.5) is 0 Å². The van der Waals surface area contributed by atoms with Crippen molar-refractivity contribution in [3.63, 3.8) is 0 Å². The summed E-state index contributed by atoms with van der Waals surface area (Å²) in [7, 11) is 3.75. The summed E-state index contributed by atoms with van der Waals surface area (Å²) >= 11 is 0. The standard InChI is InChI=1S/C8H7N3O.C2H7N.C2H6/c1-6-10-8(12-11-6)7-2-4-9-5-3-7;1-3-2;1-2/h2-5H,1H3;3H,1-2H3;1-2H3. The van der Waals surface area contributed by atoms with E-state index in [-0.39, 0.29) is 0 Å². The third-order valence-electron chi connectivity index (χ3n) is 1.45. The van der Waals surface area contributed by atoms with Crippen molar-refractivity contribution in [2.24, 2.45) is 0 Å². The van der Waals surface area contributed by atoms with E-state index in [1.54, 1.807) is 19.3 Å². The van der Waals surface area contributed by atoms with Crippen LogP contribution in [-0.2, 0) is 0 Å². The number of hydrogen-bond donors (Lipinski definition) is 1. The van der Waals surface area contributed by atoms with Crippen molar-refractivity contribution in [1.29, 1.82) is 0 Å². The van der Waals surface area contributed by atoms with Crippen molar-refractivity contribution in [3.8, 4) is 11.5 Å². The van der Waals surface area contributed by atoms with Crippen molar-refractivity contribution < 1.29 is 4.52 Å². The Morgan fingerprint density at radius 1 is 1.12 bits per heavy atom. The molecule has 0 aliphatic heterocycles. The molecule has 0 aliphatic rings. The van der Waals surface area contributed by atoms with Gasteiger partial charge in [-0.05, 0) is 33.2 Å². The predicted octanol–water partition coefficient (Wildman–Crippen LogP) is 2.30. The van der Waals surface area contributed by atoms with Gasteiger partial charge in [-0.25, -0.2) is 0 Å². The summed E-state index contributed by atoms with van der Waals surface area (Å²) in [5.41, 5.74) is 0.894. The molecule has 0 aromatic carbocycles. The van der Waals surface area contributed by atoms with Crippen LogP contribution in [0.25, 0.3) is 11.5 Å². The van der Waals surface area contributed by atoms with Gasteiger partial charge >= 0.3 is 0 Å². The summed E-state index contributed by atoms with van der Waals surface area (Å²) in [6.45, 7) is 5.79. The van der Waals surface area contributed by atoms with E-state index < -0.39 is 0 Å². The van der Waals surface area contributed by atoms with Crippen LogP contribution in [0, 0.1) is 6.92 Å². The van der Waals surface area contributed by atoms with Gasteiger partial charge in [-0.1, -0.05) is 19.0 Å². The fraction of sp³-hybridized carbons (Fsp3) is 0.417. The second kappa shape index (κ2) is 9.47.